The molecule has 1 unspecified atom stereocenters. The minimum Gasteiger partial charge on any atom is -0.454 e. The van der Waals surface area contributed by atoms with Crippen molar-refractivity contribution in [1.82, 2.24) is 10.2 Å². The molecule has 2 saturated heterocycles. The summed E-state index contributed by atoms with van der Waals surface area (Å²) in [5, 5.41) is 12.9. The van der Waals surface area contributed by atoms with Gasteiger partial charge < -0.3 is 19.7 Å². The van der Waals surface area contributed by atoms with Gasteiger partial charge in [0.25, 0.3) is 0 Å². The molecule has 0 bridgehead atoms. The number of fused-ring (bicyclic) bond motifs is 2. The Morgan fingerprint density at radius 3 is 2.70 bits per heavy atom. The van der Waals surface area contributed by atoms with Crippen LogP contribution in [0.1, 0.15) is 30.5 Å². The number of hydrogen-bond acceptors (Lipinski definition) is 5. The van der Waals surface area contributed by atoms with Crippen molar-refractivity contribution >= 4 is 11.8 Å². The highest BCUT2D eigenvalue weighted by molar-refractivity contribution is 5.98. The first kappa shape index (κ1) is 18.5. The number of nitrogens with one attached hydrogen (secondary N) is 1. The van der Waals surface area contributed by atoms with Crippen LogP contribution < -0.4 is 14.8 Å². The number of carbonyl (C=O) groups is 2. The molecule has 2 fully saturated rings. The van der Waals surface area contributed by atoms with Crippen LogP contribution in [0.2, 0.25) is 0 Å². The molecule has 1 N–H and O–H groups in total. The van der Waals surface area contributed by atoms with Gasteiger partial charge in [-0.3, -0.25) is 9.59 Å². The van der Waals surface area contributed by atoms with E-state index >= 15 is 0 Å². The molecule has 0 aliphatic carbocycles. The topological polar surface area (TPSA) is 91.7 Å². The summed E-state index contributed by atoms with van der Waals surface area (Å²) in [4.78, 5) is 28.1. The Morgan fingerprint density at radius 1 is 1.17 bits per heavy atom. The number of nitriles is 1. The zero-order chi connectivity index (χ0) is 20.9. The lowest BCUT2D eigenvalue weighted by Gasteiger charge is -2.39. The third kappa shape index (κ3) is 2.79. The van der Waals surface area contributed by atoms with Gasteiger partial charge in [0.2, 0.25) is 18.6 Å². The molecule has 152 valence electrons. The molecule has 2 aromatic carbocycles. The lowest BCUT2D eigenvalue weighted by atomic mass is 9.79. The van der Waals surface area contributed by atoms with Gasteiger partial charge >= 0.3 is 0 Å². The highest BCUT2D eigenvalue weighted by atomic mass is 16.7. The first-order chi connectivity index (χ1) is 14.5. The van der Waals surface area contributed by atoms with E-state index in [-0.39, 0.29) is 25.0 Å². The Hall–Kier alpha value is -3.53. The van der Waals surface area contributed by atoms with E-state index in [0.717, 1.165) is 11.1 Å². The van der Waals surface area contributed by atoms with E-state index in [1.807, 2.05) is 49.4 Å². The third-order valence-corrected chi connectivity index (χ3v) is 6.26. The van der Waals surface area contributed by atoms with Crippen molar-refractivity contribution in [3.63, 3.8) is 0 Å². The number of hydrogen-bond donors (Lipinski definition) is 1. The largest absolute Gasteiger partial charge is 0.454 e. The van der Waals surface area contributed by atoms with Gasteiger partial charge in [0.1, 0.15) is 12.1 Å². The number of carbonyl (C=O) groups excluding carboxylic acids is 2. The van der Waals surface area contributed by atoms with Gasteiger partial charge in [0.05, 0.1) is 17.5 Å². The number of piperazine rings is 1. The van der Waals surface area contributed by atoms with Crippen LogP contribution in [0, 0.1) is 16.7 Å². The van der Waals surface area contributed by atoms with Crippen molar-refractivity contribution < 1.29 is 19.1 Å². The van der Waals surface area contributed by atoms with E-state index in [9.17, 15) is 14.9 Å². The van der Waals surface area contributed by atoms with Gasteiger partial charge in [-0.2, -0.15) is 5.26 Å². The average Bonchev–Trinajstić information content (AvgIpc) is 3.35. The van der Waals surface area contributed by atoms with Gasteiger partial charge in [-0.1, -0.05) is 36.4 Å². The molecule has 30 heavy (non-hydrogen) atoms. The molecule has 0 saturated carbocycles. The summed E-state index contributed by atoms with van der Waals surface area (Å²) in [6.07, 6.45) is 0.698. The molecule has 2 aromatic rings. The Kier molecular flexibility index (Phi) is 4.17. The predicted octanol–water partition coefficient (Wildman–Crippen LogP) is 2.33. The summed E-state index contributed by atoms with van der Waals surface area (Å²) in [7, 11) is 0. The van der Waals surface area contributed by atoms with Crippen molar-refractivity contribution in [2.45, 2.75) is 37.9 Å². The maximum atomic E-state index is 13.5. The van der Waals surface area contributed by atoms with Gasteiger partial charge in [-0.15, -0.1) is 0 Å². The van der Waals surface area contributed by atoms with E-state index in [0.29, 0.717) is 17.9 Å². The molecule has 3 heterocycles. The number of rotatable bonds is 3. The van der Waals surface area contributed by atoms with E-state index in [1.54, 1.807) is 11.0 Å². The molecule has 4 atom stereocenters. The molecule has 7 nitrogen and oxygen atoms in total. The molecule has 0 aromatic heterocycles. The van der Waals surface area contributed by atoms with Crippen molar-refractivity contribution in [3.8, 4) is 17.6 Å². The van der Waals surface area contributed by atoms with Crippen molar-refractivity contribution in [3.05, 3.63) is 59.7 Å². The Balaban J connectivity index is 1.53. The zero-order valence-electron chi connectivity index (χ0n) is 16.5. The van der Waals surface area contributed by atoms with Crippen LogP contribution in [0.15, 0.2) is 48.5 Å². The number of nitrogens with zero attached hydrogens (tertiary/aromatic N) is 2. The third-order valence-electron chi connectivity index (χ3n) is 6.26. The fraction of sp³-hybridized carbons (Fsp3) is 0.348. The summed E-state index contributed by atoms with van der Waals surface area (Å²) in [6.45, 7) is 1.96. The first-order valence-corrected chi connectivity index (χ1v) is 9.97. The first-order valence-electron chi connectivity index (χ1n) is 9.97. The van der Waals surface area contributed by atoms with Gasteiger partial charge in [-0.05, 0) is 36.6 Å². The lowest BCUT2D eigenvalue weighted by Crippen LogP contribution is -2.62. The van der Waals surface area contributed by atoms with Crippen molar-refractivity contribution in [2.75, 3.05) is 6.79 Å². The number of ether oxygens (including phenoxy) is 2. The summed E-state index contributed by atoms with van der Waals surface area (Å²) in [6, 6.07) is 15.6. The predicted molar refractivity (Wildman–Crippen MR) is 106 cm³/mol. The van der Waals surface area contributed by atoms with Crippen LogP contribution in [-0.2, 0) is 16.0 Å². The summed E-state index contributed by atoms with van der Waals surface area (Å²) >= 11 is 0. The van der Waals surface area contributed by atoms with E-state index in [2.05, 4.69) is 11.4 Å². The molecule has 0 radical (unpaired) electrons. The highest BCUT2D eigenvalue weighted by Crippen LogP contribution is 2.52. The molecule has 2 amide bonds. The smallest absolute Gasteiger partial charge is 0.246 e. The molecule has 0 spiro atoms. The minimum absolute atomic E-state index is 0.145. The maximum Gasteiger partial charge on any atom is 0.246 e. The zero-order valence-corrected chi connectivity index (χ0v) is 16.5. The minimum atomic E-state index is -0.896. The van der Waals surface area contributed by atoms with Crippen LogP contribution in [0.5, 0.6) is 11.5 Å². The second kappa shape index (κ2) is 6.77. The van der Waals surface area contributed by atoms with Crippen molar-refractivity contribution in [1.29, 1.82) is 5.26 Å². The fourth-order valence-electron chi connectivity index (χ4n) is 4.81. The molecule has 3 aliphatic rings. The van der Waals surface area contributed by atoms with E-state index in [4.69, 9.17) is 9.47 Å². The van der Waals surface area contributed by atoms with Crippen LogP contribution in [0.4, 0.5) is 0 Å². The quantitative estimate of drug-likeness (QED) is 0.849. The lowest BCUT2D eigenvalue weighted by molar-refractivity contribution is -0.149. The monoisotopic (exact) mass is 403 g/mol. The van der Waals surface area contributed by atoms with Crippen LogP contribution in [0.3, 0.4) is 0 Å². The Labute approximate surface area is 174 Å². The molecular weight excluding hydrogens is 382 g/mol. The summed E-state index contributed by atoms with van der Waals surface area (Å²) < 4.78 is 10.9. The molecule has 7 heteroatoms. The van der Waals surface area contributed by atoms with E-state index in [1.165, 1.54) is 0 Å². The van der Waals surface area contributed by atoms with Crippen LogP contribution in [0.25, 0.3) is 0 Å². The van der Waals surface area contributed by atoms with Gasteiger partial charge in [-0.25, -0.2) is 0 Å². The van der Waals surface area contributed by atoms with E-state index < -0.39 is 23.5 Å². The SMILES string of the molecule is C[C@]1(C#N)C[C@H]2C(=O)NC(Cc3ccccc3)C(=O)N2[C@H]1c1ccc2c(c1)OCO2. The van der Waals surface area contributed by atoms with Crippen LogP contribution in [-0.4, -0.2) is 35.6 Å². The van der Waals surface area contributed by atoms with Crippen molar-refractivity contribution in [2.24, 2.45) is 5.41 Å². The number of benzene rings is 2. The summed E-state index contributed by atoms with van der Waals surface area (Å²) in [5.74, 6) is 0.855. The molecular formula is C23H21N3O4. The Bertz CT molecular complexity index is 1060. The average molecular weight is 403 g/mol. The fourth-order valence-corrected chi connectivity index (χ4v) is 4.81. The molecule has 3 aliphatic heterocycles. The molecule has 5 rings (SSSR count). The highest BCUT2D eigenvalue weighted by Gasteiger charge is 2.58. The maximum absolute atomic E-state index is 13.5. The second-order valence-corrected chi connectivity index (χ2v) is 8.26. The van der Waals surface area contributed by atoms with Gasteiger partial charge in [0, 0.05) is 6.42 Å². The summed E-state index contributed by atoms with van der Waals surface area (Å²) in [5.41, 5.74) is 0.844. The standard InChI is InChI=1S/C23H21N3O4/c1-23(12-24)11-17-21(27)25-16(9-14-5-3-2-4-6-14)22(28)26(17)20(23)15-7-8-18-19(10-15)30-13-29-18/h2-8,10,16-17,20H,9,11,13H2,1H3,(H,25,27)/t16?,17-,20-,23+/m0/s1. The Morgan fingerprint density at radius 2 is 1.93 bits per heavy atom. The normalized spacial score (nSPS) is 29.3. The number of amides is 2. The van der Waals surface area contributed by atoms with Gasteiger partial charge in [0.15, 0.2) is 11.5 Å². The van der Waals surface area contributed by atoms with Crippen LogP contribution >= 0.6 is 0 Å². The second-order valence-electron chi connectivity index (χ2n) is 8.26.